The zero-order valence-electron chi connectivity index (χ0n) is 14.7. The third kappa shape index (κ3) is 4.71. The molecule has 6 heteroatoms. The van der Waals surface area contributed by atoms with Crippen LogP contribution >= 0.6 is 0 Å². The highest BCUT2D eigenvalue weighted by Gasteiger charge is 2.23. The van der Waals surface area contributed by atoms with Crippen LogP contribution in [0.5, 0.6) is 11.5 Å². The van der Waals surface area contributed by atoms with Gasteiger partial charge in [0.2, 0.25) is 0 Å². The average Bonchev–Trinajstić information content (AvgIpc) is 3.37. The lowest BCUT2D eigenvalue weighted by atomic mass is 10.2. The van der Waals surface area contributed by atoms with E-state index in [2.05, 4.69) is 4.74 Å². The van der Waals surface area contributed by atoms with Crippen molar-refractivity contribution in [2.75, 3.05) is 6.61 Å². The lowest BCUT2D eigenvalue weighted by molar-refractivity contribution is -0.0515. The number of aryl methyl sites for hydroxylation is 2. The number of hydrogen-bond donors (Lipinski definition) is 0. The van der Waals surface area contributed by atoms with Gasteiger partial charge in [0, 0.05) is 29.7 Å². The van der Waals surface area contributed by atoms with Gasteiger partial charge in [0.15, 0.2) is 16.9 Å². The maximum atomic E-state index is 12.6. The molecule has 1 aromatic heterocycles. The Hall–Kier alpha value is -2.63. The van der Waals surface area contributed by atoms with Crippen molar-refractivity contribution in [1.29, 1.82) is 0 Å². The molecule has 1 fully saturated rings. The van der Waals surface area contributed by atoms with E-state index in [1.807, 2.05) is 30.7 Å². The molecule has 26 heavy (non-hydrogen) atoms. The van der Waals surface area contributed by atoms with Crippen LogP contribution in [0.3, 0.4) is 0 Å². The van der Waals surface area contributed by atoms with Gasteiger partial charge in [-0.25, -0.2) is 0 Å². The molecule has 1 aliphatic rings. The van der Waals surface area contributed by atoms with Crippen LogP contribution < -0.4 is 14.9 Å². The number of aromatic nitrogens is 1. The second-order valence-electron chi connectivity index (χ2n) is 6.50. The van der Waals surface area contributed by atoms with Crippen molar-refractivity contribution in [3.63, 3.8) is 0 Å². The number of ether oxygens (including phenoxy) is 2. The molecule has 1 heterocycles. The number of rotatable bonds is 7. The molecule has 2 aromatic rings. The molecule has 0 N–H and O–H groups in total. The summed E-state index contributed by atoms with van der Waals surface area (Å²) in [5, 5.41) is 0. The zero-order chi connectivity index (χ0) is 18.7. The number of hydrogen-bond acceptors (Lipinski definition) is 3. The third-order valence-corrected chi connectivity index (χ3v) is 4.23. The summed E-state index contributed by atoms with van der Waals surface area (Å²) in [4.78, 5) is 11.5. The van der Waals surface area contributed by atoms with Crippen molar-refractivity contribution in [3.05, 3.63) is 57.5 Å². The highest BCUT2D eigenvalue weighted by Crippen LogP contribution is 2.34. The summed E-state index contributed by atoms with van der Waals surface area (Å²) in [5.41, 5.74) is 2.38. The molecule has 0 aliphatic heterocycles. The predicted molar refractivity (Wildman–Crippen MR) is 96.7 cm³/mol. The largest absolute Gasteiger partial charge is 0.489 e. The van der Waals surface area contributed by atoms with Crippen LogP contribution in [0.2, 0.25) is 0 Å². The van der Waals surface area contributed by atoms with Crippen molar-refractivity contribution in [2.24, 2.45) is 5.92 Å². The van der Waals surface area contributed by atoms with Gasteiger partial charge in [0.25, 0.3) is 0 Å². The summed E-state index contributed by atoms with van der Waals surface area (Å²) in [5.74, 6) is 0.848. The molecule has 138 valence electrons. The van der Waals surface area contributed by atoms with Crippen LogP contribution in [0.4, 0.5) is 8.78 Å². The van der Waals surface area contributed by atoms with Crippen LogP contribution in [0.15, 0.2) is 35.1 Å². The summed E-state index contributed by atoms with van der Waals surface area (Å²) < 4.78 is 37.3. The number of pyridine rings is 1. The zero-order valence-corrected chi connectivity index (χ0v) is 14.7. The van der Waals surface area contributed by atoms with Crippen LogP contribution in [0.25, 0.3) is 12.3 Å². The molecule has 4 nitrogen and oxygen atoms in total. The maximum absolute atomic E-state index is 12.6. The minimum atomic E-state index is -2.90. The van der Waals surface area contributed by atoms with Crippen molar-refractivity contribution >= 4 is 12.3 Å². The van der Waals surface area contributed by atoms with Gasteiger partial charge >= 0.3 is 6.61 Å². The van der Waals surface area contributed by atoms with Gasteiger partial charge in [-0.05, 0) is 56.4 Å². The fourth-order valence-corrected chi connectivity index (χ4v) is 2.69. The van der Waals surface area contributed by atoms with Crippen LogP contribution in [0, 0.1) is 19.8 Å². The minimum absolute atomic E-state index is 0.0334. The molecule has 1 aliphatic carbocycles. The second kappa shape index (κ2) is 7.72. The normalized spacial score (nSPS) is 14.2. The molecule has 0 atom stereocenters. The summed E-state index contributed by atoms with van der Waals surface area (Å²) in [6.07, 6.45) is 5.88. The molecule has 0 saturated heterocycles. The Morgan fingerprint density at radius 2 is 1.85 bits per heavy atom. The average molecular weight is 361 g/mol. The Kier molecular flexibility index (Phi) is 5.40. The fourth-order valence-electron chi connectivity index (χ4n) is 2.69. The van der Waals surface area contributed by atoms with E-state index in [-0.39, 0.29) is 11.2 Å². The van der Waals surface area contributed by atoms with Gasteiger partial charge < -0.3 is 14.0 Å². The third-order valence-electron chi connectivity index (χ3n) is 4.23. The Balaban J connectivity index is 1.85. The van der Waals surface area contributed by atoms with Gasteiger partial charge in [-0.2, -0.15) is 8.78 Å². The second-order valence-corrected chi connectivity index (χ2v) is 6.50. The van der Waals surface area contributed by atoms with E-state index >= 15 is 0 Å². The van der Waals surface area contributed by atoms with Gasteiger partial charge in [-0.15, -0.1) is 0 Å². The number of alkyl halides is 2. The van der Waals surface area contributed by atoms with Crippen LogP contribution in [0.1, 0.15) is 29.8 Å². The van der Waals surface area contributed by atoms with E-state index in [9.17, 15) is 13.6 Å². The van der Waals surface area contributed by atoms with Crippen molar-refractivity contribution in [2.45, 2.75) is 33.3 Å². The van der Waals surface area contributed by atoms with Crippen molar-refractivity contribution in [1.82, 2.24) is 4.57 Å². The van der Waals surface area contributed by atoms with Crippen molar-refractivity contribution < 1.29 is 18.3 Å². The van der Waals surface area contributed by atoms with E-state index in [0.29, 0.717) is 18.3 Å². The first-order valence-corrected chi connectivity index (χ1v) is 8.52. The predicted octanol–water partition coefficient (Wildman–Crippen LogP) is 4.48. The Morgan fingerprint density at radius 1 is 1.15 bits per heavy atom. The Morgan fingerprint density at radius 3 is 2.46 bits per heavy atom. The Labute approximate surface area is 150 Å². The first-order valence-electron chi connectivity index (χ1n) is 8.52. The van der Waals surface area contributed by atoms with E-state index in [0.717, 1.165) is 29.8 Å². The molecule has 0 amide bonds. The smallest absolute Gasteiger partial charge is 0.387 e. The quantitative estimate of drug-likeness (QED) is 0.730. The molecular formula is C20H21F2NO3. The summed E-state index contributed by atoms with van der Waals surface area (Å²) >= 11 is 0. The molecule has 0 radical (unpaired) electrons. The molecular weight excluding hydrogens is 340 g/mol. The van der Waals surface area contributed by atoms with Gasteiger partial charge in [0.1, 0.15) is 0 Å². The molecule has 0 unspecified atom stereocenters. The highest BCUT2D eigenvalue weighted by molar-refractivity contribution is 5.64. The molecule has 0 spiro atoms. The first kappa shape index (κ1) is 18.2. The van der Waals surface area contributed by atoms with E-state index in [1.165, 1.54) is 6.07 Å². The molecule has 0 bridgehead atoms. The highest BCUT2D eigenvalue weighted by atomic mass is 19.3. The molecule has 1 aromatic carbocycles. The van der Waals surface area contributed by atoms with E-state index in [1.54, 1.807) is 24.3 Å². The number of nitrogens with zero attached hydrogens (tertiary/aromatic N) is 1. The first-order chi connectivity index (χ1) is 12.4. The number of benzene rings is 1. The van der Waals surface area contributed by atoms with Gasteiger partial charge in [0.05, 0.1) is 6.61 Å². The maximum Gasteiger partial charge on any atom is 0.387 e. The summed E-state index contributed by atoms with van der Waals surface area (Å²) in [6.45, 7) is 1.31. The van der Waals surface area contributed by atoms with Gasteiger partial charge in [-0.3, -0.25) is 4.79 Å². The van der Waals surface area contributed by atoms with Crippen LogP contribution in [-0.2, 0) is 0 Å². The van der Waals surface area contributed by atoms with E-state index in [4.69, 9.17) is 4.74 Å². The topological polar surface area (TPSA) is 40.5 Å². The van der Waals surface area contributed by atoms with Gasteiger partial charge in [-0.1, -0.05) is 6.07 Å². The lowest BCUT2D eigenvalue weighted by Crippen LogP contribution is -2.08. The fraction of sp³-hybridized carbons (Fsp3) is 0.350. The summed E-state index contributed by atoms with van der Waals surface area (Å²) in [6, 6.07) is 7.97. The molecule has 3 rings (SSSR count). The monoisotopic (exact) mass is 361 g/mol. The minimum Gasteiger partial charge on any atom is -0.489 e. The SMILES string of the molecule is Cc1cc(=O)cc(C)n1/C=C/c1ccc(OC(F)F)c(OCC2CC2)c1. The number of halogens is 2. The van der Waals surface area contributed by atoms with Crippen molar-refractivity contribution in [3.8, 4) is 11.5 Å². The van der Waals surface area contributed by atoms with Crippen LogP contribution in [-0.4, -0.2) is 17.8 Å². The lowest BCUT2D eigenvalue weighted by Gasteiger charge is -2.13. The summed E-state index contributed by atoms with van der Waals surface area (Å²) in [7, 11) is 0. The Bertz CT molecular complexity index is 844. The van der Waals surface area contributed by atoms with E-state index < -0.39 is 6.61 Å². The molecule has 1 saturated carbocycles. The standard InChI is InChI=1S/C20H21F2NO3/c1-13-9-17(24)10-14(2)23(13)8-7-15-5-6-18(26-20(21)22)19(11-15)25-12-16-3-4-16/h5-11,16,20H,3-4,12H2,1-2H3/b8-7+.